The topological polar surface area (TPSA) is 9.23 Å². The maximum absolute atomic E-state index is 11.4. The first kappa shape index (κ1) is 21.2. The second-order valence-corrected chi connectivity index (χ2v) is 3.89. The third kappa shape index (κ3) is 48.6. The molecule has 0 rings (SSSR count). The van der Waals surface area contributed by atoms with Gasteiger partial charge in [0.15, 0.2) is 0 Å². The van der Waals surface area contributed by atoms with E-state index >= 15 is 0 Å². The molecule has 1 atom stereocenters. The van der Waals surface area contributed by atoms with Gasteiger partial charge in [0, 0.05) is 13.7 Å². The molecule has 0 heterocycles. The maximum Gasteiger partial charge on any atom is 0.0971 e. The molecule has 0 N–H and O–H groups in total. The Balaban J connectivity index is -0.000000166. The summed E-state index contributed by atoms with van der Waals surface area (Å²) in [6.45, 7) is 10.9. The van der Waals surface area contributed by atoms with Gasteiger partial charge in [-0.3, -0.25) is 0 Å². The number of unbranched alkanes of at least 4 members (excludes halogenated alkanes) is 3. The number of halogens is 1. The number of rotatable bonds is 6. The molecule has 0 amide bonds. The Morgan fingerprint density at radius 2 is 1.38 bits per heavy atom. The third-order valence-electron chi connectivity index (χ3n) is 2.01. The summed E-state index contributed by atoms with van der Waals surface area (Å²) in [5.41, 5.74) is 0. The first-order valence-electron chi connectivity index (χ1n) is 6.73. The lowest BCUT2D eigenvalue weighted by Gasteiger charge is -1.92. The molecule has 102 valence electrons. The third-order valence-corrected chi connectivity index (χ3v) is 2.01. The normalized spacial score (nSPS) is 10.7. The van der Waals surface area contributed by atoms with Crippen molar-refractivity contribution in [1.29, 1.82) is 0 Å². The second kappa shape index (κ2) is 24.2. The zero-order valence-corrected chi connectivity index (χ0v) is 12.3. The summed E-state index contributed by atoms with van der Waals surface area (Å²) >= 11 is 0. The Kier molecular flexibility index (Phi) is 32.1. The average molecular weight is 236 g/mol. The van der Waals surface area contributed by atoms with E-state index in [1.807, 2.05) is 6.92 Å². The number of alkyl halides is 1. The van der Waals surface area contributed by atoms with E-state index in [4.69, 9.17) is 4.74 Å². The van der Waals surface area contributed by atoms with Crippen LogP contribution in [-0.2, 0) is 4.74 Å². The van der Waals surface area contributed by atoms with Crippen LogP contribution in [0.15, 0.2) is 0 Å². The average Bonchev–Trinajstić information content (AvgIpc) is 2.31. The Morgan fingerprint density at radius 1 is 0.938 bits per heavy atom. The van der Waals surface area contributed by atoms with Crippen LogP contribution in [0.3, 0.4) is 0 Å². The van der Waals surface area contributed by atoms with Crippen molar-refractivity contribution >= 4 is 0 Å². The van der Waals surface area contributed by atoms with Crippen molar-refractivity contribution in [2.45, 2.75) is 79.3 Å². The molecule has 0 fully saturated rings. The maximum atomic E-state index is 11.4. The quantitative estimate of drug-likeness (QED) is 0.562. The molecule has 16 heavy (non-hydrogen) atoms. The fourth-order valence-corrected chi connectivity index (χ4v) is 0.496. The van der Waals surface area contributed by atoms with Gasteiger partial charge in [-0.25, -0.2) is 4.39 Å². The number of hydrogen-bond acceptors (Lipinski definition) is 1. The minimum absolute atomic E-state index is 0.616. The lowest BCUT2D eigenvalue weighted by Crippen LogP contribution is -1.85. The highest BCUT2D eigenvalue weighted by atomic mass is 19.1. The number of methoxy groups -OCH3 is 1. The molecule has 1 nitrogen and oxygen atoms in total. The zero-order chi connectivity index (χ0) is 13.2. The van der Waals surface area contributed by atoms with Gasteiger partial charge in [0.25, 0.3) is 0 Å². The molecule has 0 aromatic heterocycles. The minimum Gasteiger partial charge on any atom is -0.385 e. The molecule has 2 heteroatoms. The zero-order valence-electron chi connectivity index (χ0n) is 12.3. The van der Waals surface area contributed by atoms with Crippen LogP contribution in [0, 0.1) is 0 Å². The SMILES string of the molecule is CCC(C)F.CCCC.CCCCCOC. The van der Waals surface area contributed by atoms with Crippen LogP contribution in [0.4, 0.5) is 4.39 Å². The molecule has 1 unspecified atom stereocenters. The van der Waals surface area contributed by atoms with Crippen LogP contribution < -0.4 is 0 Å². The summed E-state index contributed by atoms with van der Waals surface area (Å²) < 4.78 is 16.3. The van der Waals surface area contributed by atoms with Gasteiger partial charge < -0.3 is 4.74 Å². The first-order chi connectivity index (χ1) is 7.60. The predicted molar refractivity (Wildman–Crippen MR) is 72.8 cm³/mol. The summed E-state index contributed by atoms with van der Waals surface area (Å²) in [5.74, 6) is 0. The molecular weight excluding hydrogens is 203 g/mol. The van der Waals surface area contributed by atoms with E-state index in [2.05, 4.69) is 20.8 Å². The van der Waals surface area contributed by atoms with E-state index in [1.165, 1.54) is 32.1 Å². The van der Waals surface area contributed by atoms with Crippen LogP contribution >= 0.6 is 0 Å². The number of hydrogen-bond donors (Lipinski definition) is 0. The van der Waals surface area contributed by atoms with Crippen molar-refractivity contribution in [1.82, 2.24) is 0 Å². The highest BCUT2D eigenvalue weighted by Gasteiger charge is 1.85. The van der Waals surface area contributed by atoms with E-state index in [0.29, 0.717) is 6.42 Å². The van der Waals surface area contributed by atoms with Crippen molar-refractivity contribution in [2.24, 2.45) is 0 Å². The van der Waals surface area contributed by atoms with Crippen LogP contribution in [0.2, 0.25) is 0 Å². The fourth-order valence-electron chi connectivity index (χ4n) is 0.496. The van der Waals surface area contributed by atoms with Crippen molar-refractivity contribution in [3.8, 4) is 0 Å². The van der Waals surface area contributed by atoms with Gasteiger partial charge in [-0.2, -0.15) is 0 Å². The molecular formula is C14H33FO. The highest BCUT2D eigenvalue weighted by molar-refractivity contribution is 4.35. The van der Waals surface area contributed by atoms with Gasteiger partial charge in [-0.1, -0.05) is 53.4 Å². The summed E-state index contributed by atoms with van der Waals surface area (Å²) in [4.78, 5) is 0. The molecule has 0 aliphatic carbocycles. The fraction of sp³-hybridized carbons (Fsp3) is 1.00. The lowest BCUT2D eigenvalue weighted by molar-refractivity contribution is 0.192. The number of ether oxygens (including phenoxy) is 1. The smallest absolute Gasteiger partial charge is 0.0971 e. The molecule has 0 aromatic carbocycles. The summed E-state index contributed by atoms with van der Waals surface area (Å²) in [6.07, 6.45) is 6.46. The van der Waals surface area contributed by atoms with Crippen molar-refractivity contribution in [3.05, 3.63) is 0 Å². The standard InChI is InChI=1S/C6H14O.C4H9F.C4H10/c1-3-4-5-6-7-2;1-3-4(2)5;1-3-4-2/h3-6H2,1-2H3;4H,3H2,1-2H3;3-4H2,1-2H3. The molecule has 0 saturated heterocycles. The van der Waals surface area contributed by atoms with Crippen LogP contribution in [-0.4, -0.2) is 19.9 Å². The predicted octanol–water partition coefficient (Wildman–Crippen LogP) is 5.38. The van der Waals surface area contributed by atoms with Crippen LogP contribution in [0.1, 0.15) is 73.1 Å². The largest absolute Gasteiger partial charge is 0.385 e. The van der Waals surface area contributed by atoms with E-state index in [0.717, 1.165) is 6.61 Å². The summed E-state index contributed by atoms with van der Waals surface area (Å²) in [5, 5.41) is 0. The van der Waals surface area contributed by atoms with E-state index in [1.54, 1.807) is 14.0 Å². The highest BCUT2D eigenvalue weighted by Crippen LogP contribution is 1.91. The molecule has 0 radical (unpaired) electrons. The summed E-state index contributed by atoms with van der Waals surface area (Å²) in [7, 11) is 1.75. The van der Waals surface area contributed by atoms with E-state index in [-0.39, 0.29) is 0 Å². The summed E-state index contributed by atoms with van der Waals surface area (Å²) in [6, 6.07) is 0. The molecule has 0 aliphatic heterocycles. The lowest BCUT2D eigenvalue weighted by atomic mass is 10.3. The molecule has 0 aromatic rings. The van der Waals surface area contributed by atoms with E-state index < -0.39 is 6.17 Å². The van der Waals surface area contributed by atoms with Crippen LogP contribution in [0.25, 0.3) is 0 Å². The van der Waals surface area contributed by atoms with Crippen molar-refractivity contribution in [3.63, 3.8) is 0 Å². The van der Waals surface area contributed by atoms with Crippen molar-refractivity contribution in [2.75, 3.05) is 13.7 Å². The van der Waals surface area contributed by atoms with E-state index in [9.17, 15) is 4.39 Å². The van der Waals surface area contributed by atoms with Gasteiger partial charge in [0.05, 0.1) is 6.17 Å². The van der Waals surface area contributed by atoms with Gasteiger partial charge in [0.2, 0.25) is 0 Å². The molecule has 0 bridgehead atoms. The Morgan fingerprint density at radius 3 is 1.56 bits per heavy atom. The molecule has 0 aliphatic rings. The molecule has 0 spiro atoms. The molecule has 0 saturated carbocycles. The van der Waals surface area contributed by atoms with Crippen molar-refractivity contribution < 1.29 is 9.13 Å². The van der Waals surface area contributed by atoms with Gasteiger partial charge >= 0.3 is 0 Å². The Bertz CT molecular complexity index is 78.8. The van der Waals surface area contributed by atoms with Gasteiger partial charge in [-0.15, -0.1) is 0 Å². The van der Waals surface area contributed by atoms with Crippen LogP contribution in [0.5, 0.6) is 0 Å². The second-order valence-electron chi connectivity index (χ2n) is 3.89. The minimum atomic E-state index is -0.616. The van der Waals surface area contributed by atoms with Gasteiger partial charge in [0.1, 0.15) is 0 Å². The van der Waals surface area contributed by atoms with Gasteiger partial charge in [-0.05, 0) is 19.8 Å². The first-order valence-corrected chi connectivity index (χ1v) is 6.73. The Labute approximate surface area is 103 Å². The Hall–Kier alpha value is -0.110. The monoisotopic (exact) mass is 236 g/mol.